The Morgan fingerprint density at radius 1 is 1.25 bits per heavy atom. The van der Waals surface area contributed by atoms with Gasteiger partial charge in [-0.1, -0.05) is 26.0 Å². The van der Waals surface area contributed by atoms with Gasteiger partial charge in [0.25, 0.3) is 0 Å². The van der Waals surface area contributed by atoms with E-state index in [-0.39, 0.29) is 23.1 Å². The minimum absolute atomic E-state index is 0. The molecule has 0 unspecified atom stereocenters. The van der Waals surface area contributed by atoms with Crippen LogP contribution in [0.25, 0.3) is 0 Å². The molecule has 0 heterocycles. The lowest BCUT2D eigenvalue weighted by atomic mass is 10.1. The van der Waals surface area contributed by atoms with Gasteiger partial charge in [-0.2, -0.15) is 0 Å². The van der Waals surface area contributed by atoms with Gasteiger partial charge in [-0.05, 0) is 19.3 Å². The Balaban J connectivity index is 0. The Kier molecular flexibility index (Phi) is 10.6. The summed E-state index contributed by atoms with van der Waals surface area (Å²) in [4.78, 5) is 0. The second-order valence-electron chi connectivity index (χ2n) is 1.96. The van der Waals surface area contributed by atoms with Crippen LogP contribution in [-0.4, -0.2) is 23.1 Å². The van der Waals surface area contributed by atoms with Gasteiger partial charge in [0.2, 0.25) is 0 Å². The first kappa shape index (κ1) is 11.3. The monoisotopic (exact) mass is 123 g/mol. The topological polar surface area (TPSA) is 0 Å². The molecular weight excluding hydrogens is 108 g/mol. The zero-order valence-corrected chi connectivity index (χ0v) is 5.31. The second kappa shape index (κ2) is 7.51. The molecule has 1 heteroatoms. The number of hydrogen-bond donors (Lipinski definition) is 0. The van der Waals surface area contributed by atoms with Gasteiger partial charge in [0.15, 0.2) is 0 Å². The summed E-state index contributed by atoms with van der Waals surface area (Å²) in [5, 5.41) is 0. The highest BCUT2D eigenvalue weighted by molar-refractivity contribution is 5.75. The standard InChI is InChI=1S/C7H13.Mg.2H/c1-4-5-6-7(2)3;;;/h4-7H,1-3H3;;;/b5-4+;;;. The van der Waals surface area contributed by atoms with Crippen molar-refractivity contribution in [3.63, 3.8) is 0 Å². The van der Waals surface area contributed by atoms with Crippen molar-refractivity contribution in [3.8, 4) is 0 Å². The molecule has 0 nitrogen and oxygen atoms in total. The summed E-state index contributed by atoms with van der Waals surface area (Å²) in [6, 6.07) is 0. The maximum atomic E-state index is 2.17. The average molecular weight is 124 g/mol. The molecule has 8 heavy (non-hydrogen) atoms. The molecule has 45 valence electrons. The SMILES string of the molecule is C/C=C/[CH]C(C)C.[MgH2]. The van der Waals surface area contributed by atoms with Crippen molar-refractivity contribution in [2.45, 2.75) is 20.8 Å². The van der Waals surface area contributed by atoms with Gasteiger partial charge in [-0.25, -0.2) is 0 Å². The van der Waals surface area contributed by atoms with Gasteiger partial charge in [-0.15, -0.1) is 0 Å². The molecule has 0 amide bonds. The average Bonchev–Trinajstić information content (AvgIpc) is 1.61. The van der Waals surface area contributed by atoms with Gasteiger partial charge in [-0.3, -0.25) is 0 Å². The first-order chi connectivity index (χ1) is 3.27. The summed E-state index contributed by atoms with van der Waals surface area (Å²) in [5.74, 6) is 0.691. The van der Waals surface area contributed by atoms with Crippen molar-refractivity contribution in [2.24, 2.45) is 5.92 Å². The van der Waals surface area contributed by atoms with E-state index in [4.69, 9.17) is 0 Å². The molecule has 0 saturated heterocycles. The predicted octanol–water partition coefficient (Wildman–Crippen LogP) is 1.51. The Bertz CT molecular complexity index is 55.4. The van der Waals surface area contributed by atoms with Crippen molar-refractivity contribution in [2.75, 3.05) is 0 Å². The highest BCUT2D eigenvalue weighted by Crippen LogP contribution is 1.96. The molecule has 0 aromatic rings. The first-order valence-electron chi connectivity index (χ1n) is 2.73. The van der Waals surface area contributed by atoms with Crippen LogP contribution < -0.4 is 0 Å². The van der Waals surface area contributed by atoms with E-state index in [0.29, 0.717) is 5.92 Å². The Morgan fingerprint density at radius 2 is 1.75 bits per heavy atom. The van der Waals surface area contributed by atoms with E-state index < -0.39 is 0 Å². The van der Waals surface area contributed by atoms with E-state index >= 15 is 0 Å². The van der Waals surface area contributed by atoms with Crippen molar-refractivity contribution < 1.29 is 0 Å². The molecule has 0 aliphatic carbocycles. The van der Waals surface area contributed by atoms with Crippen LogP contribution in [0.3, 0.4) is 0 Å². The summed E-state index contributed by atoms with van der Waals surface area (Å²) in [5.41, 5.74) is 0. The maximum Gasteiger partial charge on any atom is 0.316 e. The lowest BCUT2D eigenvalue weighted by Crippen LogP contribution is -1.81. The third kappa shape index (κ3) is 9.71. The largest absolute Gasteiger partial charge is 0.316 e. The van der Waals surface area contributed by atoms with Crippen LogP contribution >= 0.6 is 0 Å². The fourth-order valence-corrected chi connectivity index (χ4v) is 0.333. The summed E-state index contributed by atoms with van der Waals surface area (Å²) < 4.78 is 0. The van der Waals surface area contributed by atoms with E-state index in [1.54, 1.807) is 0 Å². The van der Waals surface area contributed by atoms with Gasteiger partial charge >= 0.3 is 23.1 Å². The Morgan fingerprint density at radius 3 is 1.88 bits per heavy atom. The van der Waals surface area contributed by atoms with Crippen LogP contribution in [0.5, 0.6) is 0 Å². The van der Waals surface area contributed by atoms with Crippen molar-refractivity contribution in [1.29, 1.82) is 0 Å². The molecule has 1 radical (unpaired) electrons. The van der Waals surface area contributed by atoms with E-state index in [9.17, 15) is 0 Å². The van der Waals surface area contributed by atoms with Crippen molar-refractivity contribution >= 4 is 23.1 Å². The minimum atomic E-state index is 0. The quantitative estimate of drug-likeness (QED) is 0.488. The van der Waals surface area contributed by atoms with Crippen molar-refractivity contribution in [1.82, 2.24) is 0 Å². The number of hydrogen-bond acceptors (Lipinski definition) is 0. The minimum Gasteiger partial charge on any atom is -0.0914 e. The van der Waals surface area contributed by atoms with Crippen molar-refractivity contribution in [3.05, 3.63) is 18.6 Å². The molecule has 0 bridgehead atoms. The third-order valence-electron chi connectivity index (χ3n) is 0.688. The van der Waals surface area contributed by atoms with Crippen LogP contribution in [0.2, 0.25) is 0 Å². The normalized spacial score (nSPS) is 10.0. The first-order valence-corrected chi connectivity index (χ1v) is 2.73. The molecule has 0 N–H and O–H groups in total. The lowest BCUT2D eigenvalue weighted by molar-refractivity contribution is 0.785. The zero-order chi connectivity index (χ0) is 5.70. The molecule has 0 aromatic heterocycles. The van der Waals surface area contributed by atoms with Crippen LogP contribution in [0.1, 0.15) is 20.8 Å². The summed E-state index contributed by atoms with van der Waals surface area (Å²) >= 11 is 0. The molecule has 0 spiro atoms. The number of rotatable bonds is 2. The zero-order valence-electron chi connectivity index (χ0n) is 5.31. The summed E-state index contributed by atoms with van der Waals surface area (Å²) in [6.45, 7) is 6.36. The maximum absolute atomic E-state index is 2.17. The van der Waals surface area contributed by atoms with E-state index in [2.05, 4.69) is 26.3 Å². The smallest absolute Gasteiger partial charge is 0.0914 e. The van der Waals surface area contributed by atoms with Crippen LogP contribution in [-0.2, 0) is 0 Å². The van der Waals surface area contributed by atoms with Gasteiger partial charge in [0, 0.05) is 0 Å². The molecule has 0 fully saturated rings. The van der Waals surface area contributed by atoms with E-state index in [0.717, 1.165) is 0 Å². The highest BCUT2D eigenvalue weighted by atomic mass is 24.3. The van der Waals surface area contributed by atoms with E-state index in [1.807, 2.05) is 13.0 Å². The molecule has 0 saturated carbocycles. The van der Waals surface area contributed by atoms with Crippen LogP contribution in [0, 0.1) is 12.3 Å². The summed E-state index contributed by atoms with van der Waals surface area (Å²) in [6.07, 6.45) is 6.28. The number of allylic oxidation sites excluding steroid dienone is 2. The van der Waals surface area contributed by atoms with Gasteiger partial charge in [0.05, 0.1) is 0 Å². The van der Waals surface area contributed by atoms with Gasteiger partial charge in [0.1, 0.15) is 0 Å². The van der Waals surface area contributed by atoms with E-state index in [1.165, 1.54) is 0 Å². The third-order valence-corrected chi connectivity index (χ3v) is 0.688. The molecular formula is C7H15Mg. The predicted molar refractivity (Wildman–Crippen MR) is 42.5 cm³/mol. The molecule has 0 rings (SSSR count). The second-order valence-corrected chi connectivity index (χ2v) is 1.96. The fourth-order valence-electron chi connectivity index (χ4n) is 0.333. The Labute approximate surface area is 68.5 Å². The Hall–Kier alpha value is 0.506. The molecule has 0 aliphatic rings. The van der Waals surface area contributed by atoms with Crippen LogP contribution in [0.4, 0.5) is 0 Å². The molecule has 0 aliphatic heterocycles. The summed E-state index contributed by atoms with van der Waals surface area (Å²) in [7, 11) is 0. The molecule has 0 aromatic carbocycles. The lowest BCUT2D eigenvalue weighted by Gasteiger charge is -1.93. The fraction of sp³-hybridized carbons (Fsp3) is 0.571. The van der Waals surface area contributed by atoms with Crippen LogP contribution in [0.15, 0.2) is 12.2 Å². The highest BCUT2D eigenvalue weighted by Gasteiger charge is 1.84. The van der Waals surface area contributed by atoms with Gasteiger partial charge < -0.3 is 0 Å². The molecule has 0 atom stereocenters.